The highest BCUT2D eigenvalue weighted by molar-refractivity contribution is 6.34. The number of methoxy groups -OCH3 is 1. The predicted octanol–water partition coefficient (Wildman–Crippen LogP) is 5.34. The summed E-state index contributed by atoms with van der Waals surface area (Å²) in [6.45, 7) is 2.05. The van der Waals surface area contributed by atoms with Gasteiger partial charge in [-0.3, -0.25) is 4.79 Å². The van der Waals surface area contributed by atoms with Gasteiger partial charge in [0.2, 0.25) is 11.9 Å². The molecule has 40 heavy (non-hydrogen) atoms. The van der Waals surface area contributed by atoms with Crippen LogP contribution in [0.1, 0.15) is 46.4 Å². The number of carbonyl (C=O) groups excluding carboxylic acids is 1. The second kappa shape index (κ2) is 12.4. The number of aromatic nitrogens is 2. The van der Waals surface area contributed by atoms with Crippen LogP contribution in [0.2, 0.25) is 10.0 Å². The Bertz CT molecular complexity index is 1380. The van der Waals surface area contributed by atoms with Crippen molar-refractivity contribution in [3.05, 3.63) is 81.1 Å². The Kier molecular flexibility index (Phi) is 8.76. The fourth-order valence-electron chi connectivity index (χ4n) is 5.88. The molecule has 2 fully saturated rings. The minimum absolute atomic E-state index is 0.0458. The van der Waals surface area contributed by atoms with Crippen LogP contribution >= 0.6 is 23.2 Å². The molecule has 2 saturated heterocycles. The number of hydrogen-bond acceptors (Lipinski definition) is 6. The van der Waals surface area contributed by atoms with Gasteiger partial charge in [0.1, 0.15) is 5.75 Å². The summed E-state index contributed by atoms with van der Waals surface area (Å²) >= 11 is 12.3. The summed E-state index contributed by atoms with van der Waals surface area (Å²) in [4.78, 5) is 38.8. The van der Waals surface area contributed by atoms with Crippen molar-refractivity contribution in [1.29, 1.82) is 0 Å². The highest BCUT2D eigenvalue weighted by atomic mass is 35.5. The first kappa shape index (κ1) is 28.2. The van der Waals surface area contributed by atoms with E-state index in [1.165, 1.54) is 6.20 Å². The minimum Gasteiger partial charge on any atom is -0.496 e. The van der Waals surface area contributed by atoms with Gasteiger partial charge in [0.25, 0.3) is 0 Å². The van der Waals surface area contributed by atoms with Crippen molar-refractivity contribution < 1.29 is 19.4 Å². The molecule has 2 aliphatic rings. The first-order valence-electron chi connectivity index (χ1n) is 13.5. The number of carboxylic acids is 1. The normalized spacial score (nSPS) is 18.8. The number of benzene rings is 2. The Morgan fingerprint density at radius 3 is 2.60 bits per heavy atom. The van der Waals surface area contributed by atoms with Crippen molar-refractivity contribution in [3.63, 3.8) is 0 Å². The molecule has 0 unspecified atom stereocenters. The Morgan fingerprint density at radius 1 is 1.07 bits per heavy atom. The number of anilines is 1. The number of likely N-dealkylation sites (tertiary alicyclic amines) is 1. The number of nitrogens with zero attached hydrogens (tertiary/aromatic N) is 4. The van der Waals surface area contributed by atoms with Crippen molar-refractivity contribution >= 4 is 41.0 Å². The Morgan fingerprint density at radius 2 is 1.85 bits per heavy atom. The molecule has 2 atom stereocenters. The Hall–Kier alpha value is -3.36. The second-order valence-corrected chi connectivity index (χ2v) is 11.3. The maximum Gasteiger partial charge on any atom is 0.339 e. The lowest BCUT2D eigenvalue weighted by Crippen LogP contribution is -2.45. The molecule has 0 bridgehead atoms. The maximum absolute atomic E-state index is 13.6. The zero-order valence-corrected chi connectivity index (χ0v) is 23.9. The van der Waals surface area contributed by atoms with Gasteiger partial charge in [-0.2, -0.15) is 0 Å². The molecule has 0 aliphatic carbocycles. The quantitative estimate of drug-likeness (QED) is 0.383. The zero-order valence-electron chi connectivity index (χ0n) is 22.4. The highest BCUT2D eigenvalue weighted by Crippen LogP contribution is 2.33. The van der Waals surface area contributed by atoms with Crippen LogP contribution in [0, 0.1) is 5.92 Å². The average Bonchev–Trinajstić information content (AvgIpc) is 3.25. The number of amides is 1. The van der Waals surface area contributed by atoms with Crippen LogP contribution in [0.25, 0.3) is 0 Å². The van der Waals surface area contributed by atoms with Gasteiger partial charge in [-0.05, 0) is 61.4 Å². The number of para-hydroxylation sites is 1. The minimum atomic E-state index is -1.06. The summed E-state index contributed by atoms with van der Waals surface area (Å²) in [6.07, 6.45) is 5.67. The molecule has 0 spiro atoms. The molecular formula is C30H32Cl2N4O4. The van der Waals surface area contributed by atoms with Crippen molar-refractivity contribution in [1.82, 2.24) is 14.9 Å². The lowest BCUT2D eigenvalue weighted by atomic mass is 9.98. The fourth-order valence-corrected chi connectivity index (χ4v) is 6.45. The summed E-state index contributed by atoms with van der Waals surface area (Å²) < 4.78 is 5.47. The number of rotatable bonds is 8. The van der Waals surface area contributed by atoms with E-state index in [2.05, 4.69) is 9.88 Å². The van der Waals surface area contributed by atoms with Crippen LogP contribution in [0.15, 0.2) is 48.7 Å². The lowest BCUT2D eigenvalue weighted by molar-refractivity contribution is -0.132. The average molecular weight is 584 g/mol. The van der Waals surface area contributed by atoms with Crippen molar-refractivity contribution in [2.24, 2.45) is 5.92 Å². The van der Waals surface area contributed by atoms with Crippen molar-refractivity contribution in [2.75, 3.05) is 31.6 Å². The molecule has 8 nitrogen and oxygen atoms in total. The molecule has 1 aromatic heterocycles. The van der Waals surface area contributed by atoms with Gasteiger partial charge < -0.3 is 19.6 Å². The number of carbonyl (C=O) groups is 2. The molecule has 1 amide bonds. The van der Waals surface area contributed by atoms with E-state index in [9.17, 15) is 14.7 Å². The molecule has 3 aromatic rings. The summed E-state index contributed by atoms with van der Waals surface area (Å²) in [6, 6.07) is 13.0. The number of halogens is 2. The van der Waals surface area contributed by atoms with Crippen LogP contribution in [0.3, 0.4) is 0 Å². The van der Waals surface area contributed by atoms with Crippen molar-refractivity contribution in [3.8, 4) is 5.75 Å². The van der Waals surface area contributed by atoms with E-state index in [1.807, 2.05) is 41.3 Å². The Balaban J connectivity index is 1.34. The highest BCUT2D eigenvalue weighted by Gasteiger charge is 2.40. The van der Waals surface area contributed by atoms with Gasteiger partial charge in [-0.25, -0.2) is 14.8 Å². The second-order valence-electron chi connectivity index (χ2n) is 10.4. The third-order valence-corrected chi connectivity index (χ3v) is 8.26. The van der Waals surface area contributed by atoms with E-state index in [0.29, 0.717) is 47.0 Å². The predicted molar refractivity (Wildman–Crippen MR) is 155 cm³/mol. The maximum atomic E-state index is 13.6. The molecule has 0 radical (unpaired) electrons. The SMILES string of the molecule is COc1ccccc1CC(=O)N1CCCC[C@@H]2CN(c3ncc(C(=O)O)c(CCc4cc(Cl)cc(Cl)c4)n3)C[C@@H]21. The molecule has 210 valence electrons. The van der Waals surface area contributed by atoms with Gasteiger partial charge in [0.15, 0.2) is 0 Å². The zero-order chi connectivity index (χ0) is 28.2. The van der Waals surface area contributed by atoms with E-state index in [-0.39, 0.29) is 23.9 Å². The topological polar surface area (TPSA) is 95.9 Å². The largest absolute Gasteiger partial charge is 0.496 e. The van der Waals surface area contributed by atoms with Crippen LogP contribution < -0.4 is 9.64 Å². The summed E-state index contributed by atoms with van der Waals surface area (Å²) in [5.74, 6) is 0.532. The first-order valence-corrected chi connectivity index (χ1v) is 14.3. The third kappa shape index (κ3) is 6.34. The standard InChI is InChI=1S/C30H32Cl2N4O4/c1-40-27-8-3-2-6-20(27)14-28(37)36-11-5-4-7-21-17-35(18-26(21)36)30-33-16-24(29(38)39)25(34-30)10-9-19-12-22(31)15-23(32)13-19/h2-3,6,8,12-13,15-16,21,26H,4-5,7,9-11,14,17-18H2,1H3,(H,38,39)/t21-,26+/m1/s1. The molecular weight excluding hydrogens is 551 g/mol. The monoisotopic (exact) mass is 582 g/mol. The van der Waals surface area contributed by atoms with E-state index < -0.39 is 5.97 Å². The molecule has 3 heterocycles. The van der Waals surface area contributed by atoms with Crippen LogP contribution in [-0.2, 0) is 24.1 Å². The van der Waals surface area contributed by atoms with Crippen LogP contribution in [-0.4, -0.2) is 64.6 Å². The van der Waals surface area contributed by atoms with Gasteiger partial charge in [0.05, 0.1) is 30.8 Å². The van der Waals surface area contributed by atoms with E-state index in [1.54, 1.807) is 13.2 Å². The fraction of sp³-hybridized carbons (Fsp3) is 0.400. The van der Waals surface area contributed by atoms with Gasteiger partial charge in [-0.15, -0.1) is 0 Å². The number of hydrogen-bond donors (Lipinski definition) is 1. The third-order valence-electron chi connectivity index (χ3n) is 7.83. The summed E-state index contributed by atoms with van der Waals surface area (Å²) in [5, 5.41) is 10.8. The summed E-state index contributed by atoms with van der Waals surface area (Å²) in [7, 11) is 1.62. The number of carboxylic acid groups (broad SMARTS) is 1. The van der Waals surface area contributed by atoms with Crippen LogP contribution in [0.4, 0.5) is 5.95 Å². The first-order chi connectivity index (χ1) is 19.3. The van der Waals surface area contributed by atoms with Crippen LogP contribution in [0.5, 0.6) is 5.75 Å². The Labute approximate surface area is 243 Å². The lowest BCUT2D eigenvalue weighted by Gasteiger charge is -2.30. The number of aromatic carboxylic acids is 1. The van der Waals surface area contributed by atoms with E-state index in [4.69, 9.17) is 32.9 Å². The molecule has 0 saturated carbocycles. The molecule has 1 N–H and O–H groups in total. The van der Waals surface area contributed by atoms with Gasteiger partial charge >= 0.3 is 5.97 Å². The summed E-state index contributed by atoms with van der Waals surface area (Å²) in [5.41, 5.74) is 2.33. The van der Waals surface area contributed by atoms with E-state index in [0.717, 1.165) is 49.2 Å². The number of aryl methyl sites for hydroxylation is 2. The number of fused-ring (bicyclic) bond motifs is 1. The van der Waals surface area contributed by atoms with Gasteiger partial charge in [0, 0.05) is 41.4 Å². The molecule has 10 heteroatoms. The van der Waals surface area contributed by atoms with Gasteiger partial charge in [-0.1, -0.05) is 47.8 Å². The van der Waals surface area contributed by atoms with E-state index >= 15 is 0 Å². The smallest absolute Gasteiger partial charge is 0.339 e. The molecule has 5 rings (SSSR count). The van der Waals surface area contributed by atoms with Crippen molar-refractivity contribution in [2.45, 2.75) is 44.6 Å². The molecule has 2 aromatic carbocycles. The molecule has 2 aliphatic heterocycles. The number of ether oxygens (including phenoxy) is 1.